The van der Waals surface area contributed by atoms with E-state index in [4.69, 9.17) is 6.57 Å². The van der Waals surface area contributed by atoms with Gasteiger partial charge in [-0.25, -0.2) is 29.4 Å². The fourth-order valence-corrected chi connectivity index (χ4v) is 4.43. The topological polar surface area (TPSA) is 96.4 Å². The molecule has 1 aliphatic heterocycles. The predicted molar refractivity (Wildman–Crippen MR) is 98.5 cm³/mol. The van der Waals surface area contributed by atoms with Gasteiger partial charge in [-0.3, -0.25) is 4.68 Å². The second kappa shape index (κ2) is 5.89. The first-order chi connectivity index (χ1) is 12.5. The van der Waals surface area contributed by atoms with Crippen LogP contribution in [0.3, 0.4) is 0 Å². The van der Waals surface area contributed by atoms with Gasteiger partial charge in [0.1, 0.15) is 21.9 Å². The summed E-state index contributed by atoms with van der Waals surface area (Å²) in [5, 5.41) is 5.41. The van der Waals surface area contributed by atoms with E-state index in [1.807, 2.05) is 23.1 Å². The van der Waals surface area contributed by atoms with Crippen LogP contribution in [-0.4, -0.2) is 66.2 Å². The van der Waals surface area contributed by atoms with Gasteiger partial charge in [-0.2, -0.15) is 5.10 Å². The number of nitrogens with one attached hydrogen (secondary N) is 1. The molecule has 4 rings (SSSR count). The maximum Gasteiger partial charge on any atom is 0.242 e. The minimum atomic E-state index is -2.39. The van der Waals surface area contributed by atoms with Crippen molar-refractivity contribution in [2.24, 2.45) is 4.36 Å². The van der Waals surface area contributed by atoms with Gasteiger partial charge in [-0.1, -0.05) is 0 Å². The molecule has 1 atom stereocenters. The lowest BCUT2D eigenvalue weighted by Gasteiger charge is -2.46. The minimum absolute atomic E-state index is 0.271. The standard InChI is InChI=1S/C16H18N8OS/c1-17-8-16(9-23(10-16)26(3,25)18-2)24-7-12(6-22-24)14-13-4-5-19-15(13)21-11-20-14/h4-7,11H,8-10H2,2-3H3,(H,19,20,21)/t26-/m1/s1. The molecular formula is C16H18N8OS. The molecule has 0 bridgehead atoms. The first-order valence-electron chi connectivity index (χ1n) is 8.01. The van der Waals surface area contributed by atoms with Gasteiger partial charge in [-0.05, 0) is 6.07 Å². The van der Waals surface area contributed by atoms with Gasteiger partial charge in [-0.15, -0.1) is 0 Å². The third-order valence-corrected chi connectivity index (χ3v) is 6.72. The molecule has 26 heavy (non-hydrogen) atoms. The Morgan fingerprint density at radius 1 is 1.46 bits per heavy atom. The van der Waals surface area contributed by atoms with Crippen molar-refractivity contribution < 1.29 is 4.21 Å². The van der Waals surface area contributed by atoms with Crippen molar-refractivity contribution in [3.8, 4) is 11.3 Å². The lowest BCUT2D eigenvalue weighted by atomic mass is 9.92. The van der Waals surface area contributed by atoms with Crippen LogP contribution in [0.1, 0.15) is 0 Å². The van der Waals surface area contributed by atoms with Crippen LogP contribution in [0.5, 0.6) is 0 Å². The molecule has 3 aromatic rings. The van der Waals surface area contributed by atoms with Crippen LogP contribution in [-0.2, 0) is 15.5 Å². The SMILES string of the molecule is [C-]#[N+]CC1(n2cc(-c3ncnc4[nH]ccc34)cn2)CN([S@](C)(=O)=NC)C1. The number of nitrogens with zero attached hydrogens (tertiary/aromatic N) is 7. The van der Waals surface area contributed by atoms with Crippen molar-refractivity contribution in [2.75, 3.05) is 32.9 Å². The maximum atomic E-state index is 12.4. The smallest absolute Gasteiger partial charge is 0.242 e. The number of H-pyrrole nitrogens is 1. The van der Waals surface area contributed by atoms with Gasteiger partial charge < -0.3 is 9.83 Å². The van der Waals surface area contributed by atoms with E-state index in [0.717, 1.165) is 22.3 Å². The number of rotatable bonds is 4. The third kappa shape index (κ3) is 2.48. The van der Waals surface area contributed by atoms with Crippen LogP contribution < -0.4 is 0 Å². The summed E-state index contributed by atoms with van der Waals surface area (Å²) >= 11 is 0. The number of hydrogen-bond acceptors (Lipinski definition) is 5. The van der Waals surface area contributed by atoms with Gasteiger partial charge in [0.15, 0.2) is 5.54 Å². The molecule has 0 unspecified atom stereocenters. The molecule has 0 aliphatic carbocycles. The predicted octanol–water partition coefficient (Wildman–Crippen LogP) is 1.39. The van der Waals surface area contributed by atoms with Crippen molar-refractivity contribution in [3.05, 3.63) is 42.4 Å². The molecule has 10 heteroatoms. The molecule has 3 aromatic heterocycles. The monoisotopic (exact) mass is 370 g/mol. The number of aromatic nitrogens is 5. The zero-order chi connectivity index (χ0) is 18.4. The average molecular weight is 370 g/mol. The molecule has 0 radical (unpaired) electrons. The van der Waals surface area contributed by atoms with Crippen LogP contribution in [0.15, 0.2) is 35.3 Å². The van der Waals surface area contributed by atoms with Crippen molar-refractivity contribution in [3.63, 3.8) is 0 Å². The largest absolute Gasteiger partial charge is 0.346 e. The Labute approximate surface area is 151 Å². The van der Waals surface area contributed by atoms with E-state index in [9.17, 15) is 4.21 Å². The molecule has 1 saturated heterocycles. The van der Waals surface area contributed by atoms with Gasteiger partial charge >= 0.3 is 0 Å². The molecule has 0 aromatic carbocycles. The van der Waals surface area contributed by atoms with E-state index in [1.165, 1.54) is 6.33 Å². The van der Waals surface area contributed by atoms with Gasteiger partial charge in [0, 0.05) is 49.7 Å². The Morgan fingerprint density at radius 2 is 2.27 bits per heavy atom. The highest BCUT2D eigenvalue weighted by molar-refractivity contribution is 7.90. The normalized spacial score (nSPS) is 18.8. The van der Waals surface area contributed by atoms with E-state index in [1.54, 1.807) is 23.8 Å². The van der Waals surface area contributed by atoms with E-state index < -0.39 is 15.5 Å². The van der Waals surface area contributed by atoms with Gasteiger partial charge in [0.05, 0.1) is 11.9 Å². The van der Waals surface area contributed by atoms with Crippen molar-refractivity contribution in [1.29, 1.82) is 0 Å². The van der Waals surface area contributed by atoms with Gasteiger partial charge in [0.2, 0.25) is 6.54 Å². The highest BCUT2D eigenvalue weighted by Gasteiger charge is 2.51. The fraction of sp³-hybridized carbons (Fsp3) is 0.375. The first kappa shape index (κ1) is 16.7. The van der Waals surface area contributed by atoms with Crippen molar-refractivity contribution in [1.82, 2.24) is 29.0 Å². The van der Waals surface area contributed by atoms with Gasteiger partial charge in [0.25, 0.3) is 0 Å². The average Bonchev–Trinajstić information content (AvgIpc) is 3.26. The highest BCUT2D eigenvalue weighted by Crippen LogP contribution is 2.33. The summed E-state index contributed by atoms with van der Waals surface area (Å²) in [6.07, 6.45) is 8.60. The fourth-order valence-electron chi connectivity index (χ4n) is 3.24. The molecule has 1 fully saturated rings. The quantitative estimate of drug-likeness (QED) is 0.702. The minimum Gasteiger partial charge on any atom is -0.346 e. The van der Waals surface area contributed by atoms with E-state index in [2.05, 4.69) is 29.3 Å². The lowest BCUT2D eigenvalue weighted by Crippen LogP contribution is -2.65. The molecule has 4 heterocycles. The Hall–Kier alpha value is -2.77. The molecule has 0 spiro atoms. The summed E-state index contributed by atoms with van der Waals surface area (Å²) in [6, 6.07) is 1.93. The van der Waals surface area contributed by atoms with E-state index >= 15 is 0 Å². The molecular weight excluding hydrogens is 352 g/mol. The zero-order valence-corrected chi connectivity index (χ0v) is 15.3. The second-order valence-electron chi connectivity index (χ2n) is 6.42. The second-order valence-corrected chi connectivity index (χ2v) is 8.83. The molecule has 1 aliphatic rings. The summed E-state index contributed by atoms with van der Waals surface area (Å²) < 4.78 is 20.0. The lowest BCUT2D eigenvalue weighted by molar-refractivity contribution is 0.0872. The van der Waals surface area contributed by atoms with Crippen LogP contribution in [0, 0.1) is 6.57 Å². The van der Waals surface area contributed by atoms with Crippen LogP contribution in [0.25, 0.3) is 27.1 Å². The Balaban J connectivity index is 1.70. The third-order valence-electron chi connectivity index (χ3n) is 4.83. The summed E-state index contributed by atoms with van der Waals surface area (Å²) in [4.78, 5) is 15.2. The molecule has 0 saturated carbocycles. The molecule has 1 N–H and O–H groups in total. The summed E-state index contributed by atoms with van der Waals surface area (Å²) in [6.45, 7) is 8.54. The van der Waals surface area contributed by atoms with Crippen molar-refractivity contribution in [2.45, 2.75) is 5.54 Å². The maximum absolute atomic E-state index is 12.4. The molecule has 9 nitrogen and oxygen atoms in total. The summed E-state index contributed by atoms with van der Waals surface area (Å²) in [5.74, 6) is 0. The van der Waals surface area contributed by atoms with Crippen LogP contribution in [0.4, 0.5) is 0 Å². The molecule has 134 valence electrons. The van der Waals surface area contributed by atoms with Crippen LogP contribution in [0.2, 0.25) is 0 Å². The Bertz CT molecular complexity index is 1120. The number of aromatic amines is 1. The number of fused-ring (bicyclic) bond motifs is 1. The Kier molecular flexibility index (Phi) is 3.78. The van der Waals surface area contributed by atoms with Crippen molar-refractivity contribution >= 4 is 20.9 Å². The Morgan fingerprint density at radius 3 is 3.00 bits per heavy atom. The van der Waals surface area contributed by atoms with Crippen LogP contribution >= 0.6 is 0 Å². The summed E-state index contributed by atoms with van der Waals surface area (Å²) in [5.41, 5.74) is 1.92. The zero-order valence-electron chi connectivity index (χ0n) is 14.5. The summed E-state index contributed by atoms with van der Waals surface area (Å²) in [7, 11) is -0.830. The van der Waals surface area contributed by atoms with E-state index in [0.29, 0.717) is 13.1 Å². The molecule has 0 amide bonds. The highest BCUT2D eigenvalue weighted by atomic mass is 32.2. The number of hydrogen-bond donors (Lipinski definition) is 1. The first-order valence-corrected chi connectivity index (χ1v) is 9.89. The van der Waals surface area contributed by atoms with E-state index in [-0.39, 0.29) is 6.54 Å².